The van der Waals surface area contributed by atoms with Gasteiger partial charge in [0.1, 0.15) is 12.0 Å². The Kier molecular flexibility index (Phi) is 4.11. The molecule has 4 aromatic rings. The number of aromatic nitrogens is 6. The molecule has 0 aromatic carbocycles. The summed E-state index contributed by atoms with van der Waals surface area (Å²) in [6.45, 7) is 5.43. The average Bonchev–Trinajstić information content (AvgIpc) is 3.34. The Bertz CT molecular complexity index is 1200. The van der Waals surface area contributed by atoms with Crippen LogP contribution >= 0.6 is 0 Å². The average molecular weight is 405 g/mol. The fraction of sp³-hybridized carbons (Fsp3) is 0.381. The fourth-order valence-electron chi connectivity index (χ4n) is 3.88. The lowest BCUT2D eigenvalue weighted by atomic mass is 9.72. The third-order valence-electron chi connectivity index (χ3n) is 5.81. The Morgan fingerprint density at radius 3 is 2.60 bits per heavy atom. The molecular weight excluding hydrogens is 382 g/mol. The lowest BCUT2D eigenvalue weighted by Gasteiger charge is -2.33. The number of oxazole rings is 1. The molecule has 154 valence electrons. The molecule has 0 atom stereocenters. The lowest BCUT2D eigenvalue weighted by molar-refractivity contribution is 0.0781. The summed E-state index contributed by atoms with van der Waals surface area (Å²) < 4.78 is 6.96. The zero-order valence-electron chi connectivity index (χ0n) is 17.1. The van der Waals surface area contributed by atoms with Crippen LogP contribution in [0.1, 0.15) is 61.2 Å². The van der Waals surface area contributed by atoms with E-state index in [2.05, 4.69) is 20.1 Å². The second kappa shape index (κ2) is 6.60. The Labute approximate surface area is 173 Å². The summed E-state index contributed by atoms with van der Waals surface area (Å²) in [6.07, 6.45) is 6.67. The number of fused-ring (bicyclic) bond motifs is 1. The minimum absolute atomic E-state index is 0.245. The standard InChI is InChI=1S/C21H23N7O2/c1-11-16(19-23-6-7-30-19)25-20(22)28-18(11)26-17(27-28)13-8-12(9-13)15-5-4-14(10-24-15)21(2,3)29/h4-7,10,12-13,29H,8-9H2,1-3H3,(H2,22,25). The molecule has 0 amide bonds. The van der Waals surface area contributed by atoms with Crippen LogP contribution in [0.15, 0.2) is 35.2 Å². The topological polar surface area (TPSA) is 128 Å². The number of aliphatic hydroxyl groups is 1. The maximum atomic E-state index is 10.1. The Morgan fingerprint density at radius 1 is 1.17 bits per heavy atom. The molecule has 5 rings (SSSR count). The number of nitrogens with zero attached hydrogens (tertiary/aromatic N) is 6. The van der Waals surface area contributed by atoms with Gasteiger partial charge in [0.15, 0.2) is 11.5 Å². The fourth-order valence-corrected chi connectivity index (χ4v) is 3.88. The second-order valence-electron chi connectivity index (χ2n) is 8.38. The third-order valence-corrected chi connectivity index (χ3v) is 5.81. The van der Waals surface area contributed by atoms with Crippen LogP contribution in [0.25, 0.3) is 17.2 Å². The summed E-state index contributed by atoms with van der Waals surface area (Å²) in [4.78, 5) is 17.9. The van der Waals surface area contributed by atoms with Crippen molar-refractivity contribution in [2.75, 3.05) is 5.73 Å². The molecule has 0 spiro atoms. The van der Waals surface area contributed by atoms with E-state index in [-0.39, 0.29) is 11.9 Å². The summed E-state index contributed by atoms with van der Waals surface area (Å²) in [7, 11) is 0. The first-order chi connectivity index (χ1) is 14.3. The van der Waals surface area contributed by atoms with Crippen LogP contribution in [-0.4, -0.2) is 34.7 Å². The summed E-state index contributed by atoms with van der Waals surface area (Å²) in [6, 6.07) is 3.94. The molecule has 3 N–H and O–H groups in total. The molecule has 1 saturated carbocycles. The molecule has 4 aromatic heterocycles. The first kappa shape index (κ1) is 18.7. The van der Waals surface area contributed by atoms with Gasteiger partial charge in [0.25, 0.3) is 0 Å². The van der Waals surface area contributed by atoms with Gasteiger partial charge in [-0.05, 0) is 39.7 Å². The van der Waals surface area contributed by atoms with Crippen LogP contribution in [-0.2, 0) is 5.60 Å². The van der Waals surface area contributed by atoms with Crippen molar-refractivity contribution in [3.8, 4) is 11.6 Å². The number of anilines is 1. The number of nitrogen functional groups attached to an aromatic ring is 1. The maximum Gasteiger partial charge on any atom is 0.245 e. The summed E-state index contributed by atoms with van der Waals surface area (Å²) in [5.74, 6) is 2.03. The van der Waals surface area contributed by atoms with Crippen molar-refractivity contribution in [2.24, 2.45) is 0 Å². The first-order valence-corrected chi connectivity index (χ1v) is 9.92. The largest absolute Gasteiger partial charge is 0.443 e. The van der Waals surface area contributed by atoms with E-state index in [4.69, 9.17) is 15.1 Å². The summed E-state index contributed by atoms with van der Waals surface area (Å²) >= 11 is 0. The Morgan fingerprint density at radius 2 is 1.97 bits per heavy atom. The number of hydrogen-bond donors (Lipinski definition) is 2. The van der Waals surface area contributed by atoms with Crippen LogP contribution < -0.4 is 5.73 Å². The molecule has 9 heteroatoms. The first-order valence-electron chi connectivity index (χ1n) is 9.92. The number of rotatable bonds is 4. The monoisotopic (exact) mass is 405 g/mol. The minimum atomic E-state index is -0.885. The third kappa shape index (κ3) is 3.02. The minimum Gasteiger partial charge on any atom is -0.443 e. The predicted octanol–water partition coefficient (Wildman–Crippen LogP) is 2.95. The molecule has 4 heterocycles. The molecule has 0 unspecified atom stereocenters. The smallest absolute Gasteiger partial charge is 0.245 e. The van der Waals surface area contributed by atoms with Gasteiger partial charge in [-0.15, -0.1) is 5.10 Å². The van der Waals surface area contributed by atoms with E-state index in [0.29, 0.717) is 23.1 Å². The highest BCUT2D eigenvalue weighted by atomic mass is 16.3. The molecule has 9 nitrogen and oxygen atoms in total. The molecular formula is C21H23N7O2. The van der Waals surface area contributed by atoms with E-state index in [9.17, 15) is 5.11 Å². The van der Waals surface area contributed by atoms with Gasteiger partial charge in [-0.1, -0.05) is 6.07 Å². The quantitative estimate of drug-likeness (QED) is 0.530. The highest BCUT2D eigenvalue weighted by Gasteiger charge is 2.35. The van der Waals surface area contributed by atoms with Gasteiger partial charge in [0.2, 0.25) is 11.8 Å². The van der Waals surface area contributed by atoms with Gasteiger partial charge >= 0.3 is 0 Å². The number of nitrogens with two attached hydrogens (primary N) is 1. The van der Waals surface area contributed by atoms with Crippen molar-refractivity contribution < 1.29 is 9.52 Å². The molecule has 0 radical (unpaired) electrons. The maximum absolute atomic E-state index is 10.1. The van der Waals surface area contributed by atoms with E-state index >= 15 is 0 Å². The molecule has 30 heavy (non-hydrogen) atoms. The van der Waals surface area contributed by atoms with Crippen LogP contribution in [0.3, 0.4) is 0 Å². The van der Waals surface area contributed by atoms with Gasteiger partial charge in [-0.2, -0.15) is 4.52 Å². The lowest BCUT2D eigenvalue weighted by Crippen LogP contribution is -2.23. The second-order valence-corrected chi connectivity index (χ2v) is 8.38. The highest BCUT2D eigenvalue weighted by Crippen LogP contribution is 2.46. The van der Waals surface area contributed by atoms with Crippen LogP contribution in [0.2, 0.25) is 0 Å². The molecule has 1 aliphatic rings. The molecule has 1 fully saturated rings. The van der Waals surface area contributed by atoms with Crippen LogP contribution in [0.5, 0.6) is 0 Å². The molecule has 1 aliphatic carbocycles. The Hall–Kier alpha value is -3.33. The Balaban J connectivity index is 1.38. The van der Waals surface area contributed by atoms with Crippen molar-refractivity contribution >= 4 is 11.6 Å². The van der Waals surface area contributed by atoms with Gasteiger partial charge in [-0.25, -0.2) is 15.0 Å². The predicted molar refractivity (Wildman–Crippen MR) is 110 cm³/mol. The van der Waals surface area contributed by atoms with Crippen molar-refractivity contribution in [3.63, 3.8) is 0 Å². The van der Waals surface area contributed by atoms with Crippen molar-refractivity contribution in [1.82, 2.24) is 29.5 Å². The van der Waals surface area contributed by atoms with Crippen molar-refractivity contribution in [2.45, 2.75) is 51.0 Å². The van der Waals surface area contributed by atoms with Crippen LogP contribution in [0, 0.1) is 6.92 Å². The number of aryl methyl sites for hydroxylation is 1. The van der Waals surface area contributed by atoms with Crippen molar-refractivity contribution in [1.29, 1.82) is 0 Å². The van der Waals surface area contributed by atoms with Gasteiger partial charge in [-0.3, -0.25) is 4.98 Å². The molecule has 0 aliphatic heterocycles. The zero-order valence-corrected chi connectivity index (χ0v) is 17.1. The van der Waals surface area contributed by atoms with E-state index in [0.717, 1.165) is 35.5 Å². The van der Waals surface area contributed by atoms with Crippen LogP contribution in [0.4, 0.5) is 5.95 Å². The normalized spacial score (nSPS) is 19.2. The van der Waals surface area contributed by atoms with E-state index in [1.165, 1.54) is 6.26 Å². The zero-order chi connectivity index (χ0) is 21.0. The van der Waals surface area contributed by atoms with Crippen molar-refractivity contribution in [3.05, 3.63) is 53.4 Å². The van der Waals surface area contributed by atoms with E-state index in [1.807, 2.05) is 19.1 Å². The van der Waals surface area contributed by atoms with E-state index in [1.54, 1.807) is 30.8 Å². The number of hydrogen-bond acceptors (Lipinski definition) is 8. The molecule has 0 bridgehead atoms. The highest BCUT2D eigenvalue weighted by molar-refractivity contribution is 5.65. The van der Waals surface area contributed by atoms with Gasteiger partial charge < -0.3 is 15.3 Å². The molecule has 0 saturated heterocycles. The number of pyridine rings is 1. The van der Waals surface area contributed by atoms with Gasteiger partial charge in [0.05, 0.1) is 11.8 Å². The summed E-state index contributed by atoms with van der Waals surface area (Å²) in [5, 5.41) is 14.7. The van der Waals surface area contributed by atoms with E-state index < -0.39 is 5.60 Å². The SMILES string of the molecule is Cc1c(-c2ncco2)nc(N)n2nc(C3CC(c4ccc(C(C)(C)O)cn4)C3)nc12. The van der Waals surface area contributed by atoms with Gasteiger partial charge in [0, 0.05) is 34.9 Å². The summed E-state index contributed by atoms with van der Waals surface area (Å²) in [5.41, 5.74) is 9.15.